The smallest absolute Gasteiger partial charge is 0.288 e. The van der Waals surface area contributed by atoms with Gasteiger partial charge >= 0.3 is 0 Å². The molecular weight excluding hydrogens is 264 g/mol. The maximum absolute atomic E-state index is 10.8. The van der Waals surface area contributed by atoms with Gasteiger partial charge in [-0.15, -0.1) is 0 Å². The third-order valence-electron chi connectivity index (χ3n) is 4.02. The molecule has 0 aromatic heterocycles. The van der Waals surface area contributed by atoms with Crippen molar-refractivity contribution in [2.24, 2.45) is 5.41 Å². The first-order chi connectivity index (χ1) is 8.90. The second-order valence-corrected chi connectivity index (χ2v) is 6.26. The molecule has 2 rings (SSSR count). The SMILES string of the molecule is CC1(C)CCCC1NCc1ccc(Cl)c([N+](=O)[O-])c1. The fourth-order valence-electron chi connectivity index (χ4n) is 2.75. The predicted molar refractivity (Wildman–Crippen MR) is 76.4 cm³/mol. The molecule has 0 radical (unpaired) electrons. The summed E-state index contributed by atoms with van der Waals surface area (Å²) in [5.41, 5.74) is 1.18. The van der Waals surface area contributed by atoms with E-state index in [1.54, 1.807) is 12.1 Å². The first-order valence-corrected chi connectivity index (χ1v) is 6.94. The molecule has 4 nitrogen and oxygen atoms in total. The largest absolute Gasteiger partial charge is 0.309 e. The molecule has 1 aromatic carbocycles. The molecule has 19 heavy (non-hydrogen) atoms. The molecule has 0 saturated heterocycles. The molecule has 0 heterocycles. The summed E-state index contributed by atoms with van der Waals surface area (Å²) in [5.74, 6) is 0. The van der Waals surface area contributed by atoms with Crippen LogP contribution in [0.4, 0.5) is 5.69 Å². The van der Waals surface area contributed by atoms with Crippen molar-refractivity contribution in [2.45, 2.75) is 45.7 Å². The van der Waals surface area contributed by atoms with Crippen LogP contribution in [0.1, 0.15) is 38.7 Å². The zero-order chi connectivity index (χ0) is 14.0. The Hall–Kier alpha value is -1.13. The quantitative estimate of drug-likeness (QED) is 0.673. The highest BCUT2D eigenvalue weighted by Crippen LogP contribution is 2.37. The van der Waals surface area contributed by atoms with Crippen LogP contribution in [-0.4, -0.2) is 11.0 Å². The summed E-state index contributed by atoms with van der Waals surface area (Å²) in [7, 11) is 0. The molecule has 1 unspecified atom stereocenters. The maximum atomic E-state index is 10.8. The Bertz CT molecular complexity index is 488. The topological polar surface area (TPSA) is 55.2 Å². The molecule has 1 saturated carbocycles. The van der Waals surface area contributed by atoms with E-state index >= 15 is 0 Å². The van der Waals surface area contributed by atoms with Crippen LogP contribution in [0.5, 0.6) is 0 Å². The average Bonchev–Trinajstić information content (AvgIpc) is 2.67. The lowest BCUT2D eigenvalue weighted by Gasteiger charge is -2.28. The van der Waals surface area contributed by atoms with Crippen molar-refractivity contribution >= 4 is 17.3 Å². The molecule has 1 N–H and O–H groups in total. The molecular formula is C14H19ClN2O2. The number of benzene rings is 1. The van der Waals surface area contributed by atoms with Crippen LogP contribution in [0.25, 0.3) is 0 Å². The number of rotatable bonds is 4. The van der Waals surface area contributed by atoms with Crippen molar-refractivity contribution in [1.82, 2.24) is 5.32 Å². The number of halogens is 1. The summed E-state index contributed by atoms with van der Waals surface area (Å²) < 4.78 is 0. The van der Waals surface area contributed by atoms with E-state index in [4.69, 9.17) is 11.6 Å². The fourth-order valence-corrected chi connectivity index (χ4v) is 2.94. The summed E-state index contributed by atoms with van der Waals surface area (Å²) in [5, 5.41) is 14.5. The standard InChI is InChI=1S/C14H19ClN2O2/c1-14(2)7-3-4-13(14)16-9-10-5-6-11(15)12(8-10)17(18)19/h5-6,8,13,16H,3-4,7,9H2,1-2H3. The second-order valence-electron chi connectivity index (χ2n) is 5.86. The van der Waals surface area contributed by atoms with Crippen molar-refractivity contribution in [3.8, 4) is 0 Å². The minimum Gasteiger partial charge on any atom is -0.309 e. The Morgan fingerprint density at radius 3 is 2.84 bits per heavy atom. The van der Waals surface area contributed by atoms with Gasteiger partial charge in [-0.2, -0.15) is 0 Å². The molecule has 0 aliphatic heterocycles. The summed E-state index contributed by atoms with van der Waals surface area (Å²) in [6.45, 7) is 5.18. The van der Waals surface area contributed by atoms with E-state index < -0.39 is 4.92 Å². The van der Waals surface area contributed by atoms with E-state index in [-0.39, 0.29) is 10.7 Å². The van der Waals surface area contributed by atoms with Gasteiger partial charge in [0.1, 0.15) is 5.02 Å². The lowest BCUT2D eigenvalue weighted by Crippen LogP contribution is -2.37. The third kappa shape index (κ3) is 3.25. The van der Waals surface area contributed by atoms with Gasteiger partial charge in [0.25, 0.3) is 5.69 Å². The Kier molecular flexibility index (Phi) is 4.11. The maximum Gasteiger partial charge on any atom is 0.288 e. The zero-order valence-corrected chi connectivity index (χ0v) is 12.0. The highest BCUT2D eigenvalue weighted by atomic mass is 35.5. The van der Waals surface area contributed by atoms with E-state index in [1.165, 1.54) is 19.3 Å². The van der Waals surface area contributed by atoms with Crippen LogP contribution < -0.4 is 5.32 Å². The van der Waals surface area contributed by atoms with Crippen LogP contribution >= 0.6 is 11.6 Å². The van der Waals surface area contributed by atoms with E-state index in [9.17, 15) is 10.1 Å². The Morgan fingerprint density at radius 2 is 2.26 bits per heavy atom. The molecule has 1 atom stereocenters. The first-order valence-electron chi connectivity index (χ1n) is 6.56. The van der Waals surface area contributed by atoms with E-state index in [2.05, 4.69) is 19.2 Å². The molecule has 1 fully saturated rings. The Balaban J connectivity index is 2.04. The molecule has 0 bridgehead atoms. The number of nitrogens with zero attached hydrogens (tertiary/aromatic N) is 1. The average molecular weight is 283 g/mol. The summed E-state index contributed by atoms with van der Waals surface area (Å²) in [6, 6.07) is 5.46. The number of hydrogen-bond donors (Lipinski definition) is 1. The minimum absolute atomic E-state index is 0.0216. The molecule has 1 aliphatic rings. The Morgan fingerprint density at radius 1 is 1.53 bits per heavy atom. The van der Waals surface area contributed by atoms with Crippen molar-refractivity contribution in [2.75, 3.05) is 0 Å². The van der Waals surface area contributed by atoms with E-state index in [1.807, 2.05) is 6.07 Å². The highest BCUT2D eigenvalue weighted by molar-refractivity contribution is 6.32. The number of nitro benzene ring substituents is 1. The normalized spacial score (nSPS) is 21.5. The monoisotopic (exact) mass is 282 g/mol. The highest BCUT2D eigenvalue weighted by Gasteiger charge is 2.33. The second kappa shape index (κ2) is 5.47. The Labute approximate surface area is 118 Å². The van der Waals surface area contributed by atoms with Crippen molar-refractivity contribution in [3.63, 3.8) is 0 Å². The van der Waals surface area contributed by atoms with Gasteiger partial charge in [-0.25, -0.2) is 0 Å². The van der Waals surface area contributed by atoms with Crippen LogP contribution in [0, 0.1) is 15.5 Å². The molecule has 1 aliphatic carbocycles. The van der Waals surface area contributed by atoms with Crippen molar-refractivity contribution in [1.29, 1.82) is 0 Å². The molecule has 1 aromatic rings. The fraction of sp³-hybridized carbons (Fsp3) is 0.571. The van der Waals surface area contributed by atoms with Gasteiger partial charge < -0.3 is 5.32 Å². The lowest BCUT2D eigenvalue weighted by atomic mass is 9.87. The number of hydrogen-bond acceptors (Lipinski definition) is 3. The molecule has 5 heteroatoms. The van der Waals surface area contributed by atoms with Crippen LogP contribution in [0.2, 0.25) is 5.02 Å². The number of nitrogens with one attached hydrogen (secondary N) is 1. The van der Waals surface area contributed by atoms with Crippen LogP contribution in [0.3, 0.4) is 0 Å². The van der Waals surface area contributed by atoms with Gasteiger partial charge in [0, 0.05) is 18.7 Å². The van der Waals surface area contributed by atoms with E-state index in [0.717, 1.165) is 5.56 Å². The van der Waals surface area contributed by atoms with Gasteiger partial charge in [-0.05, 0) is 29.9 Å². The summed E-state index contributed by atoms with van der Waals surface area (Å²) in [4.78, 5) is 10.4. The van der Waals surface area contributed by atoms with Crippen LogP contribution in [0.15, 0.2) is 18.2 Å². The van der Waals surface area contributed by atoms with Gasteiger partial charge in [0.15, 0.2) is 0 Å². The summed E-state index contributed by atoms with van der Waals surface area (Å²) >= 11 is 5.80. The minimum atomic E-state index is -0.439. The third-order valence-corrected chi connectivity index (χ3v) is 4.34. The first kappa shape index (κ1) is 14.3. The van der Waals surface area contributed by atoms with Gasteiger partial charge in [-0.1, -0.05) is 37.9 Å². The van der Waals surface area contributed by atoms with Crippen molar-refractivity contribution in [3.05, 3.63) is 38.9 Å². The van der Waals surface area contributed by atoms with E-state index in [0.29, 0.717) is 18.0 Å². The predicted octanol–water partition coefficient (Wildman–Crippen LogP) is 3.92. The van der Waals surface area contributed by atoms with Crippen molar-refractivity contribution < 1.29 is 4.92 Å². The lowest BCUT2D eigenvalue weighted by molar-refractivity contribution is -0.384. The molecule has 0 amide bonds. The summed E-state index contributed by atoms with van der Waals surface area (Å²) in [6.07, 6.45) is 3.64. The molecule has 0 spiro atoms. The van der Waals surface area contributed by atoms with Crippen LogP contribution in [-0.2, 0) is 6.54 Å². The molecule has 104 valence electrons. The van der Waals surface area contributed by atoms with Gasteiger partial charge in [0.2, 0.25) is 0 Å². The number of nitro groups is 1. The van der Waals surface area contributed by atoms with Gasteiger partial charge in [-0.3, -0.25) is 10.1 Å². The van der Waals surface area contributed by atoms with Gasteiger partial charge in [0.05, 0.1) is 4.92 Å². The zero-order valence-electron chi connectivity index (χ0n) is 11.3.